The van der Waals surface area contributed by atoms with E-state index in [1.165, 1.54) is 0 Å². The number of halogens is 3. The summed E-state index contributed by atoms with van der Waals surface area (Å²) in [7, 11) is 0. The maximum absolute atomic E-state index is 13.5. The number of thiophene rings is 1. The summed E-state index contributed by atoms with van der Waals surface area (Å²) in [6.07, 6.45) is 1.23. The Morgan fingerprint density at radius 1 is 1.21 bits per heavy atom. The molecule has 1 N–H and O–H groups in total. The van der Waals surface area contributed by atoms with Crippen LogP contribution in [0.3, 0.4) is 0 Å². The normalized spacial score (nSPS) is 21.5. The number of hydrogen-bond donors (Lipinski definition) is 1. The van der Waals surface area contributed by atoms with Crippen molar-refractivity contribution in [2.45, 2.75) is 71.5 Å². The minimum absolute atomic E-state index is 0.0422. The third kappa shape index (κ3) is 4.93. The molecule has 2 fully saturated rings. The Hall–Kier alpha value is -1.46. The Morgan fingerprint density at radius 3 is 2.50 bits per heavy atom. The molecule has 0 aliphatic carbocycles. The van der Waals surface area contributed by atoms with Crippen molar-refractivity contribution in [3.8, 4) is 0 Å². The average Bonchev–Trinajstić information content (AvgIpc) is 3.40. The molecule has 0 saturated carbocycles. The highest BCUT2D eigenvalue weighted by molar-refractivity contribution is 7.12. The molecule has 0 atom stereocenters. The molecule has 0 bridgehead atoms. The van der Waals surface area contributed by atoms with E-state index in [1.807, 2.05) is 24.7 Å². The lowest BCUT2D eigenvalue weighted by molar-refractivity contribution is -0.135. The van der Waals surface area contributed by atoms with Gasteiger partial charge in [0.1, 0.15) is 10.5 Å². The smallest absolute Gasteiger partial charge is 0.392 e. The summed E-state index contributed by atoms with van der Waals surface area (Å²) in [5, 5.41) is 14.1. The Balaban J connectivity index is 0.00000133. The van der Waals surface area contributed by atoms with E-state index in [9.17, 15) is 18.3 Å². The number of nitrogens with zero attached hydrogens (tertiary/aromatic N) is 3. The quantitative estimate of drug-likeness (QED) is 0.650. The fourth-order valence-corrected chi connectivity index (χ4v) is 6.58. The van der Waals surface area contributed by atoms with Gasteiger partial charge in [-0.2, -0.15) is 18.3 Å². The van der Waals surface area contributed by atoms with Gasteiger partial charge in [-0.1, -0.05) is 20.8 Å². The fourth-order valence-electron chi connectivity index (χ4n) is 5.15. The molecule has 1 spiro atoms. The van der Waals surface area contributed by atoms with Gasteiger partial charge >= 0.3 is 6.18 Å². The molecular weight excluding hydrogens is 467 g/mol. The van der Waals surface area contributed by atoms with E-state index in [0.717, 1.165) is 56.3 Å². The van der Waals surface area contributed by atoms with Crippen molar-refractivity contribution in [3.05, 3.63) is 38.8 Å². The van der Waals surface area contributed by atoms with Crippen molar-refractivity contribution in [1.29, 1.82) is 0 Å². The highest BCUT2D eigenvalue weighted by atomic mass is 32.1. The fraction of sp³-hybridized carbons (Fsp3) is 0.708. The Morgan fingerprint density at radius 2 is 1.91 bits per heavy atom. The number of rotatable bonds is 5. The summed E-state index contributed by atoms with van der Waals surface area (Å²) in [6.45, 7) is 10.6. The molecule has 0 amide bonds. The number of likely N-dealkylation sites (tertiary alicyclic amines) is 1. The molecule has 2 aromatic heterocycles. The molecule has 0 aromatic carbocycles. The van der Waals surface area contributed by atoms with E-state index in [0.29, 0.717) is 36.3 Å². The van der Waals surface area contributed by atoms with Crippen molar-refractivity contribution in [3.63, 3.8) is 0 Å². The zero-order valence-corrected chi connectivity index (χ0v) is 20.9. The summed E-state index contributed by atoms with van der Waals surface area (Å²) in [5.74, 6) is 0. The summed E-state index contributed by atoms with van der Waals surface area (Å²) in [5.41, 5.74) is 1.30. The molecule has 6 nitrogen and oxygen atoms in total. The van der Waals surface area contributed by atoms with Gasteiger partial charge in [0, 0.05) is 47.3 Å². The third-order valence-corrected chi connectivity index (χ3v) is 8.38. The zero-order valence-electron chi connectivity index (χ0n) is 20.1. The molecule has 34 heavy (non-hydrogen) atoms. The van der Waals surface area contributed by atoms with Crippen molar-refractivity contribution in [1.82, 2.24) is 14.7 Å². The zero-order chi connectivity index (χ0) is 24.6. The monoisotopic (exact) mass is 501 g/mol. The van der Waals surface area contributed by atoms with Gasteiger partial charge in [0.05, 0.1) is 39.2 Å². The minimum Gasteiger partial charge on any atom is -0.392 e. The van der Waals surface area contributed by atoms with E-state index in [1.54, 1.807) is 0 Å². The van der Waals surface area contributed by atoms with Gasteiger partial charge in [0.25, 0.3) is 0 Å². The first-order valence-corrected chi connectivity index (χ1v) is 12.8. The second-order valence-corrected chi connectivity index (χ2v) is 10.6. The number of aliphatic hydroxyl groups excluding tert-OH is 1. The summed E-state index contributed by atoms with van der Waals surface area (Å²) < 4.78 is 54.1. The van der Waals surface area contributed by atoms with Crippen molar-refractivity contribution in [2.24, 2.45) is 5.41 Å². The molecule has 5 rings (SSSR count). The van der Waals surface area contributed by atoms with Crippen LogP contribution in [0.25, 0.3) is 0 Å². The largest absolute Gasteiger partial charge is 0.425 e. The van der Waals surface area contributed by atoms with Gasteiger partial charge in [-0.3, -0.25) is 9.58 Å². The van der Waals surface area contributed by atoms with Gasteiger partial charge in [-0.15, -0.1) is 11.3 Å². The Bertz CT molecular complexity index is 976. The van der Waals surface area contributed by atoms with Crippen LogP contribution in [-0.4, -0.2) is 52.7 Å². The van der Waals surface area contributed by atoms with E-state index >= 15 is 0 Å². The van der Waals surface area contributed by atoms with Crippen LogP contribution in [0.15, 0.2) is 12.4 Å². The number of hydrogen-bond acceptors (Lipinski definition) is 6. The van der Waals surface area contributed by atoms with Crippen LogP contribution < -0.4 is 0 Å². The number of aromatic nitrogens is 2. The van der Waals surface area contributed by atoms with Gasteiger partial charge in [-0.05, 0) is 24.8 Å². The maximum atomic E-state index is 13.5. The first-order chi connectivity index (χ1) is 16.2. The molecule has 0 unspecified atom stereocenters. The molecule has 3 aliphatic rings. The topological polar surface area (TPSA) is 59.8 Å². The summed E-state index contributed by atoms with van der Waals surface area (Å²) >= 11 is 0.768. The standard InChI is InChI=1S/C22H28F3N3O3S.C2H6/c1-20(13-30-14-20)12-28-10-15(8-26-28)9-27-5-3-21(4-6-27)18-16(2-7-31-21)17(11-29)19(32-18)22(23,24)25;1-2/h8,10,29H,2-7,9,11-14H2,1H3;1-2H3. The van der Waals surface area contributed by atoms with Crippen LogP contribution in [0.4, 0.5) is 13.2 Å². The molecule has 2 aromatic rings. The maximum Gasteiger partial charge on any atom is 0.425 e. The second-order valence-electron chi connectivity index (χ2n) is 9.59. The van der Waals surface area contributed by atoms with Crippen LogP contribution in [0, 0.1) is 5.41 Å². The van der Waals surface area contributed by atoms with Crippen molar-refractivity contribution in [2.75, 3.05) is 32.9 Å². The number of aliphatic hydroxyl groups is 1. The lowest BCUT2D eigenvalue weighted by Crippen LogP contribution is -2.45. The molecule has 0 radical (unpaired) electrons. The van der Waals surface area contributed by atoms with Crippen molar-refractivity contribution < 1.29 is 27.8 Å². The van der Waals surface area contributed by atoms with Crippen LogP contribution in [-0.2, 0) is 47.4 Å². The SMILES string of the molecule is CC.CC1(Cn2cc(CN3CCC4(CC3)OCCc3c4sc(C(F)(F)F)c3CO)cn2)COC1. The molecule has 2 saturated heterocycles. The highest BCUT2D eigenvalue weighted by Crippen LogP contribution is 2.50. The van der Waals surface area contributed by atoms with Gasteiger partial charge in [0.15, 0.2) is 0 Å². The Kier molecular flexibility index (Phi) is 7.45. The number of fused-ring (bicyclic) bond motifs is 2. The predicted molar refractivity (Wildman–Crippen MR) is 124 cm³/mol. The van der Waals surface area contributed by atoms with Crippen LogP contribution in [0.5, 0.6) is 0 Å². The number of alkyl halides is 3. The average molecular weight is 502 g/mol. The summed E-state index contributed by atoms with van der Waals surface area (Å²) in [6, 6.07) is 0. The molecular formula is C24H34F3N3O3S. The first kappa shape index (κ1) is 25.6. The van der Waals surface area contributed by atoms with Gasteiger partial charge in [-0.25, -0.2) is 0 Å². The Labute approximate surface area is 202 Å². The van der Waals surface area contributed by atoms with Crippen LogP contribution in [0.2, 0.25) is 0 Å². The predicted octanol–water partition coefficient (Wildman–Crippen LogP) is 4.58. The van der Waals surface area contributed by atoms with E-state index in [2.05, 4.69) is 23.1 Å². The summed E-state index contributed by atoms with van der Waals surface area (Å²) in [4.78, 5) is 2.31. The van der Waals surface area contributed by atoms with E-state index in [4.69, 9.17) is 9.47 Å². The molecule has 3 aliphatic heterocycles. The van der Waals surface area contributed by atoms with Crippen LogP contribution >= 0.6 is 11.3 Å². The van der Waals surface area contributed by atoms with Crippen molar-refractivity contribution >= 4 is 11.3 Å². The van der Waals surface area contributed by atoms with E-state index < -0.39 is 23.3 Å². The lowest BCUT2D eigenvalue weighted by atomic mass is 9.84. The lowest BCUT2D eigenvalue weighted by Gasteiger charge is -2.43. The highest BCUT2D eigenvalue weighted by Gasteiger charge is 2.47. The van der Waals surface area contributed by atoms with Crippen LogP contribution in [0.1, 0.15) is 60.1 Å². The number of piperidine rings is 1. The second kappa shape index (κ2) is 9.89. The molecule has 10 heteroatoms. The number of ether oxygens (including phenoxy) is 2. The van der Waals surface area contributed by atoms with Gasteiger partial charge in [0.2, 0.25) is 0 Å². The molecule has 190 valence electrons. The first-order valence-electron chi connectivity index (χ1n) is 12.0. The third-order valence-electron chi connectivity index (χ3n) is 6.88. The molecule has 5 heterocycles. The van der Waals surface area contributed by atoms with E-state index in [-0.39, 0.29) is 11.0 Å². The van der Waals surface area contributed by atoms with Gasteiger partial charge < -0.3 is 14.6 Å². The minimum atomic E-state index is -4.45.